The van der Waals surface area contributed by atoms with Crippen LogP contribution in [0.3, 0.4) is 0 Å². The molecule has 0 fully saturated rings. The molecule has 0 bridgehead atoms. The van der Waals surface area contributed by atoms with E-state index in [4.69, 9.17) is 4.74 Å². The van der Waals surface area contributed by atoms with E-state index in [-0.39, 0.29) is 0 Å². The summed E-state index contributed by atoms with van der Waals surface area (Å²) in [7, 11) is 0. The minimum Gasteiger partial charge on any atom is -0.489 e. The molecule has 1 N–H and O–H groups in total. The van der Waals surface area contributed by atoms with Gasteiger partial charge in [-0.3, -0.25) is 0 Å². The van der Waals surface area contributed by atoms with Gasteiger partial charge in [0.05, 0.1) is 0 Å². The molecule has 114 valence electrons. The fraction of sp³-hybridized carbons (Fsp3) is 0.412. The average molecular weight is 322 g/mol. The Morgan fingerprint density at radius 2 is 1.95 bits per heavy atom. The summed E-state index contributed by atoms with van der Waals surface area (Å²) in [6.45, 7) is 8.08. The largest absolute Gasteiger partial charge is 0.489 e. The molecule has 0 unspecified atom stereocenters. The first-order valence-electron chi connectivity index (χ1n) is 7.17. The van der Waals surface area contributed by atoms with Crippen LogP contribution < -0.4 is 10.1 Å². The van der Waals surface area contributed by atoms with E-state index in [2.05, 4.69) is 50.5 Å². The predicted octanol–water partition coefficient (Wildman–Crippen LogP) is 4.86. The zero-order valence-corrected chi connectivity index (χ0v) is 14.7. The molecule has 1 aromatic carbocycles. The first kappa shape index (κ1) is 16.4. The van der Waals surface area contributed by atoms with E-state index in [0.29, 0.717) is 12.6 Å². The summed E-state index contributed by atoms with van der Waals surface area (Å²) in [6, 6.07) is 11.0. The third kappa shape index (κ3) is 5.06. The predicted molar refractivity (Wildman–Crippen MR) is 93.6 cm³/mol. The highest BCUT2D eigenvalue weighted by Gasteiger charge is 2.07. The summed E-state index contributed by atoms with van der Waals surface area (Å²) >= 11 is 3.60. The van der Waals surface area contributed by atoms with Gasteiger partial charge in [-0.1, -0.05) is 13.8 Å². The Kier molecular flexibility index (Phi) is 6.15. The van der Waals surface area contributed by atoms with Crippen molar-refractivity contribution in [3.63, 3.8) is 0 Å². The molecule has 0 aliphatic heterocycles. The Hall–Kier alpha value is -0.970. The molecule has 2 nitrogen and oxygen atoms in total. The molecule has 0 spiro atoms. The molecule has 0 radical (unpaired) electrons. The molecule has 0 amide bonds. The molecule has 4 heteroatoms. The van der Waals surface area contributed by atoms with Gasteiger partial charge in [-0.15, -0.1) is 23.1 Å². The van der Waals surface area contributed by atoms with E-state index >= 15 is 0 Å². The molecule has 2 aromatic rings. The second-order valence-corrected chi connectivity index (χ2v) is 7.51. The SMILES string of the molecule is CSc1ccc(OCc2cc(CNC(C)C)sc2C)cc1. The van der Waals surface area contributed by atoms with Crippen LogP contribution in [0.15, 0.2) is 35.2 Å². The lowest BCUT2D eigenvalue weighted by atomic mass is 10.2. The molecule has 1 aromatic heterocycles. The molecule has 0 aliphatic carbocycles. The van der Waals surface area contributed by atoms with Crippen molar-refractivity contribution in [1.82, 2.24) is 5.32 Å². The van der Waals surface area contributed by atoms with Crippen molar-refractivity contribution in [3.8, 4) is 5.75 Å². The van der Waals surface area contributed by atoms with Crippen molar-refractivity contribution in [2.75, 3.05) is 6.26 Å². The van der Waals surface area contributed by atoms with Gasteiger partial charge in [0.2, 0.25) is 0 Å². The molecular formula is C17H23NOS2. The molecule has 0 saturated heterocycles. The Morgan fingerprint density at radius 1 is 1.24 bits per heavy atom. The smallest absolute Gasteiger partial charge is 0.119 e. The van der Waals surface area contributed by atoms with Gasteiger partial charge >= 0.3 is 0 Å². The van der Waals surface area contributed by atoms with E-state index in [9.17, 15) is 0 Å². The standard InChI is InChI=1S/C17H23NOS2/c1-12(2)18-10-17-9-14(13(3)21-17)11-19-15-5-7-16(20-4)8-6-15/h5-9,12,18H,10-11H2,1-4H3. The summed E-state index contributed by atoms with van der Waals surface area (Å²) in [6.07, 6.45) is 2.08. The molecule has 1 heterocycles. The van der Waals surface area contributed by atoms with Crippen LogP contribution in [0.5, 0.6) is 5.75 Å². The topological polar surface area (TPSA) is 21.3 Å². The normalized spacial score (nSPS) is 11.1. The number of aryl methyl sites for hydroxylation is 1. The van der Waals surface area contributed by atoms with Crippen molar-refractivity contribution >= 4 is 23.1 Å². The van der Waals surface area contributed by atoms with Crippen molar-refractivity contribution < 1.29 is 4.74 Å². The fourth-order valence-corrected chi connectivity index (χ4v) is 3.36. The van der Waals surface area contributed by atoms with E-state index < -0.39 is 0 Å². The van der Waals surface area contributed by atoms with Crippen LogP contribution in [0.2, 0.25) is 0 Å². The number of thioether (sulfide) groups is 1. The minimum atomic E-state index is 0.516. The highest BCUT2D eigenvalue weighted by molar-refractivity contribution is 7.98. The van der Waals surface area contributed by atoms with Gasteiger partial charge in [-0.05, 0) is 43.5 Å². The van der Waals surface area contributed by atoms with Gasteiger partial charge in [0.15, 0.2) is 0 Å². The Labute approximate surface area is 135 Å². The third-order valence-corrected chi connectivity index (χ3v) is 5.05. The number of rotatable bonds is 7. The zero-order chi connectivity index (χ0) is 15.2. The number of benzene rings is 1. The second kappa shape index (κ2) is 7.87. The van der Waals surface area contributed by atoms with Gasteiger partial charge in [-0.2, -0.15) is 0 Å². The molecule has 0 atom stereocenters. The fourth-order valence-electron chi connectivity index (χ4n) is 1.96. The van der Waals surface area contributed by atoms with Crippen molar-refractivity contribution in [1.29, 1.82) is 0 Å². The van der Waals surface area contributed by atoms with Gasteiger partial charge in [0.1, 0.15) is 12.4 Å². The first-order valence-corrected chi connectivity index (χ1v) is 9.21. The lowest BCUT2D eigenvalue weighted by Crippen LogP contribution is -2.21. The summed E-state index contributed by atoms with van der Waals surface area (Å²) in [4.78, 5) is 3.98. The van der Waals surface area contributed by atoms with Gasteiger partial charge in [-0.25, -0.2) is 0 Å². The average Bonchev–Trinajstić information content (AvgIpc) is 2.84. The highest BCUT2D eigenvalue weighted by Crippen LogP contribution is 2.24. The third-order valence-electron chi connectivity index (χ3n) is 3.21. The molecule has 2 rings (SSSR count). The number of hydrogen-bond donors (Lipinski definition) is 1. The van der Waals surface area contributed by atoms with Crippen LogP contribution in [0.1, 0.15) is 29.2 Å². The van der Waals surface area contributed by atoms with Crippen LogP contribution in [0.4, 0.5) is 0 Å². The molecule has 0 saturated carbocycles. The maximum atomic E-state index is 5.89. The number of thiophene rings is 1. The van der Waals surface area contributed by atoms with Crippen molar-refractivity contribution in [2.45, 2.75) is 44.9 Å². The lowest BCUT2D eigenvalue weighted by molar-refractivity contribution is 0.306. The molecular weight excluding hydrogens is 298 g/mol. The summed E-state index contributed by atoms with van der Waals surface area (Å²) in [5, 5.41) is 3.46. The monoisotopic (exact) mass is 321 g/mol. The Balaban J connectivity index is 1.92. The van der Waals surface area contributed by atoms with Gasteiger partial charge in [0, 0.05) is 32.8 Å². The van der Waals surface area contributed by atoms with Crippen molar-refractivity contribution in [3.05, 3.63) is 45.6 Å². The van der Waals surface area contributed by atoms with Crippen LogP contribution in [-0.2, 0) is 13.2 Å². The highest BCUT2D eigenvalue weighted by atomic mass is 32.2. The quantitative estimate of drug-likeness (QED) is 0.736. The van der Waals surface area contributed by atoms with Crippen LogP contribution in [0.25, 0.3) is 0 Å². The maximum absolute atomic E-state index is 5.89. The minimum absolute atomic E-state index is 0.516. The second-order valence-electron chi connectivity index (χ2n) is 5.29. The van der Waals surface area contributed by atoms with Crippen LogP contribution in [-0.4, -0.2) is 12.3 Å². The van der Waals surface area contributed by atoms with Crippen molar-refractivity contribution in [2.24, 2.45) is 0 Å². The number of hydrogen-bond acceptors (Lipinski definition) is 4. The first-order chi connectivity index (χ1) is 10.1. The van der Waals surface area contributed by atoms with Crippen LogP contribution in [0, 0.1) is 6.92 Å². The maximum Gasteiger partial charge on any atom is 0.119 e. The summed E-state index contributed by atoms with van der Waals surface area (Å²) in [5.74, 6) is 0.931. The summed E-state index contributed by atoms with van der Waals surface area (Å²) < 4.78 is 5.89. The lowest BCUT2D eigenvalue weighted by Gasteiger charge is -2.06. The van der Waals surface area contributed by atoms with Gasteiger partial charge in [0.25, 0.3) is 0 Å². The zero-order valence-electron chi connectivity index (χ0n) is 13.1. The van der Waals surface area contributed by atoms with E-state index in [1.807, 2.05) is 23.5 Å². The number of nitrogens with one attached hydrogen (secondary N) is 1. The summed E-state index contributed by atoms with van der Waals surface area (Å²) in [5.41, 5.74) is 1.29. The molecule has 0 aliphatic rings. The van der Waals surface area contributed by atoms with E-state index in [1.165, 1.54) is 20.2 Å². The number of ether oxygens (including phenoxy) is 1. The van der Waals surface area contributed by atoms with E-state index in [1.54, 1.807) is 11.8 Å². The van der Waals surface area contributed by atoms with E-state index in [0.717, 1.165) is 12.3 Å². The molecule has 21 heavy (non-hydrogen) atoms. The Morgan fingerprint density at radius 3 is 2.57 bits per heavy atom. The van der Waals surface area contributed by atoms with Crippen LogP contribution >= 0.6 is 23.1 Å². The Bertz CT molecular complexity index is 561. The van der Waals surface area contributed by atoms with Gasteiger partial charge < -0.3 is 10.1 Å².